The number of morpholine rings is 1. The van der Waals surface area contributed by atoms with Crippen LogP contribution in [-0.4, -0.2) is 46.8 Å². The summed E-state index contributed by atoms with van der Waals surface area (Å²) < 4.78 is 5.23. The Balaban J connectivity index is 1.94. The smallest absolute Gasteiger partial charge is 0.225 e. The molecule has 1 N–H and O–H groups in total. The van der Waals surface area contributed by atoms with E-state index >= 15 is 0 Å². The van der Waals surface area contributed by atoms with Crippen molar-refractivity contribution in [1.29, 1.82) is 0 Å². The van der Waals surface area contributed by atoms with Crippen LogP contribution < -0.4 is 0 Å². The van der Waals surface area contributed by atoms with Crippen LogP contribution in [0.2, 0.25) is 0 Å². The van der Waals surface area contributed by atoms with Crippen molar-refractivity contribution < 1.29 is 14.6 Å². The molecule has 0 radical (unpaired) electrons. The minimum Gasteiger partial charge on any atom is -0.390 e. The zero-order valence-electron chi connectivity index (χ0n) is 5.93. The van der Waals surface area contributed by atoms with Gasteiger partial charge in [0.05, 0.1) is 25.1 Å². The summed E-state index contributed by atoms with van der Waals surface area (Å²) in [4.78, 5) is 12.9. The maximum atomic E-state index is 11.1. The van der Waals surface area contributed by atoms with Crippen LogP contribution >= 0.6 is 0 Å². The Labute approximate surface area is 63.7 Å². The van der Waals surface area contributed by atoms with Crippen LogP contribution in [0.3, 0.4) is 0 Å². The number of epoxide rings is 1. The van der Waals surface area contributed by atoms with Gasteiger partial charge in [0.25, 0.3) is 0 Å². The van der Waals surface area contributed by atoms with Crippen LogP contribution in [0.1, 0.15) is 6.42 Å². The fraction of sp³-hybridized carbons (Fsp3) is 0.857. The van der Waals surface area contributed by atoms with Crippen molar-refractivity contribution in [3.63, 3.8) is 0 Å². The van der Waals surface area contributed by atoms with Crippen molar-refractivity contribution in [2.75, 3.05) is 6.54 Å². The molecular formula is C7H9NO3. The Morgan fingerprint density at radius 3 is 3.18 bits per heavy atom. The molecule has 3 heterocycles. The van der Waals surface area contributed by atoms with E-state index in [0.29, 0.717) is 6.54 Å². The van der Waals surface area contributed by atoms with Gasteiger partial charge in [-0.05, 0) is 0 Å². The molecule has 0 aliphatic carbocycles. The summed E-state index contributed by atoms with van der Waals surface area (Å²) >= 11 is 0. The molecule has 4 atom stereocenters. The Morgan fingerprint density at radius 1 is 1.64 bits per heavy atom. The van der Waals surface area contributed by atoms with E-state index in [1.165, 1.54) is 0 Å². The molecule has 0 aromatic rings. The van der Waals surface area contributed by atoms with E-state index in [0.717, 1.165) is 0 Å². The van der Waals surface area contributed by atoms with Crippen molar-refractivity contribution in [1.82, 2.24) is 4.90 Å². The Bertz CT molecular complexity index is 230. The van der Waals surface area contributed by atoms with E-state index in [9.17, 15) is 9.90 Å². The zero-order valence-corrected chi connectivity index (χ0v) is 5.93. The quantitative estimate of drug-likeness (QED) is 0.444. The van der Waals surface area contributed by atoms with Gasteiger partial charge in [-0.15, -0.1) is 0 Å². The second-order valence-corrected chi connectivity index (χ2v) is 3.45. The van der Waals surface area contributed by atoms with E-state index in [1.54, 1.807) is 4.90 Å². The van der Waals surface area contributed by atoms with Crippen molar-refractivity contribution in [2.45, 2.75) is 30.8 Å². The second kappa shape index (κ2) is 1.59. The van der Waals surface area contributed by atoms with Gasteiger partial charge in [0.15, 0.2) is 0 Å². The number of carbonyl (C=O) groups excluding carboxylic acids is 1. The van der Waals surface area contributed by atoms with E-state index in [2.05, 4.69) is 0 Å². The van der Waals surface area contributed by atoms with Crippen molar-refractivity contribution in [3.05, 3.63) is 0 Å². The molecule has 4 heteroatoms. The number of nitrogens with zero attached hydrogens (tertiary/aromatic N) is 1. The average Bonchev–Trinajstić information content (AvgIpc) is 2.51. The third-order valence-electron chi connectivity index (χ3n) is 2.79. The number of amides is 1. The van der Waals surface area contributed by atoms with Crippen molar-refractivity contribution in [2.24, 2.45) is 0 Å². The van der Waals surface area contributed by atoms with Crippen molar-refractivity contribution >= 4 is 5.91 Å². The highest BCUT2D eigenvalue weighted by Crippen LogP contribution is 2.42. The molecule has 1 amide bonds. The molecule has 3 fully saturated rings. The fourth-order valence-corrected chi connectivity index (χ4v) is 2.21. The van der Waals surface area contributed by atoms with Crippen LogP contribution in [0.4, 0.5) is 0 Å². The number of carbonyl (C=O) groups is 1. The van der Waals surface area contributed by atoms with Gasteiger partial charge >= 0.3 is 0 Å². The van der Waals surface area contributed by atoms with Crippen molar-refractivity contribution in [3.8, 4) is 0 Å². The first-order valence-corrected chi connectivity index (χ1v) is 3.90. The van der Waals surface area contributed by atoms with E-state index in [1.807, 2.05) is 0 Å². The standard InChI is InChI=1S/C7H9NO3/c9-3-1-5(10)8-2-4-7(11-4)6(3)8/h3-4,6-7,9H,1-2H2/t3-,4-,6+,7-/m0/s1. The lowest BCUT2D eigenvalue weighted by molar-refractivity contribution is -0.129. The topological polar surface area (TPSA) is 53.1 Å². The molecule has 0 aromatic carbocycles. The molecule has 3 aliphatic rings. The Kier molecular flexibility index (Phi) is 0.863. The highest BCUT2D eigenvalue weighted by atomic mass is 16.6. The predicted octanol–water partition coefficient (Wildman–Crippen LogP) is -1.27. The second-order valence-electron chi connectivity index (χ2n) is 3.45. The largest absolute Gasteiger partial charge is 0.390 e. The third kappa shape index (κ3) is 0.594. The number of ether oxygens (including phenoxy) is 1. The van der Waals surface area contributed by atoms with Gasteiger partial charge in [0.1, 0.15) is 12.2 Å². The minimum atomic E-state index is -0.486. The average molecular weight is 155 g/mol. The maximum absolute atomic E-state index is 11.1. The van der Waals surface area contributed by atoms with Crippen LogP contribution in [-0.2, 0) is 9.53 Å². The molecule has 4 nitrogen and oxygen atoms in total. The summed E-state index contributed by atoms with van der Waals surface area (Å²) in [6.45, 7) is 0.700. The van der Waals surface area contributed by atoms with Gasteiger partial charge in [-0.1, -0.05) is 0 Å². The predicted molar refractivity (Wildman–Crippen MR) is 34.8 cm³/mol. The molecule has 0 aromatic heterocycles. The molecule has 0 bridgehead atoms. The number of hydrogen-bond donors (Lipinski definition) is 1. The monoisotopic (exact) mass is 155 g/mol. The Morgan fingerprint density at radius 2 is 2.45 bits per heavy atom. The lowest BCUT2D eigenvalue weighted by Gasteiger charge is -2.18. The summed E-state index contributed by atoms with van der Waals surface area (Å²) in [7, 11) is 0. The number of aliphatic hydroxyl groups is 1. The van der Waals surface area contributed by atoms with Gasteiger partial charge in [-0.3, -0.25) is 4.79 Å². The van der Waals surface area contributed by atoms with Gasteiger partial charge in [-0.25, -0.2) is 0 Å². The molecular weight excluding hydrogens is 146 g/mol. The molecule has 0 spiro atoms. The summed E-state index contributed by atoms with van der Waals surface area (Å²) in [6.07, 6.45) is 0.187. The number of aliphatic hydroxyl groups excluding tert-OH is 1. The molecule has 3 aliphatic heterocycles. The summed E-state index contributed by atoms with van der Waals surface area (Å²) in [6, 6.07) is -0.0208. The fourth-order valence-electron chi connectivity index (χ4n) is 2.21. The summed E-state index contributed by atoms with van der Waals surface area (Å²) in [5.74, 6) is 0.0818. The van der Waals surface area contributed by atoms with Crippen LogP contribution in [0.25, 0.3) is 0 Å². The zero-order chi connectivity index (χ0) is 7.59. The van der Waals surface area contributed by atoms with E-state index < -0.39 is 6.10 Å². The highest BCUT2D eigenvalue weighted by molar-refractivity contribution is 5.80. The Hall–Kier alpha value is -0.610. The molecule has 11 heavy (non-hydrogen) atoms. The van der Waals surface area contributed by atoms with Gasteiger partial charge in [0, 0.05) is 0 Å². The summed E-state index contributed by atoms with van der Waals surface area (Å²) in [5, 5.41) is 9.42. The first-order valence-electron chi connectivity index (χ1n) is 3.90. The lowest BCUT2D eigenvalue weighted by atomic mass is 10.1. The maximum Gasteiger partial charge on any atom is 0.225 e. The van der Waals surface area contributed by atoms with Crippen LogP contribution in [0.5, 0.6) is 0 Å². The van der Waals surface area contributed by atoms with E-state index in [-0.39, 0.29) is 30.6 Å². The summed E-state index contributed by atoms with van der Waals surface area (Å²) in [5.41, 5.74) is 0. The lowest BCUT2D eigenvalue weighted by Crippen LogP contribution is -2.36. The molecule has 60 valence electrons. The molecule has 3 rings (SSSR count). The highest BCUT2D eigenvalue weighted by Gasteiger charge is 2.61. The molecule has 0 saturated carbocycles. The third-order valence-corrected chi connectivity index (χ3v) is 2.79. The van der Waals surface area contributed by atoms with Crippen LogP contribution in [0.15, 0.2) is 0 Å². The number of fused-ring (bicyclic) bond motifs is 3. The van der Waals surface area contributed by atoms with Crippen LogP contribution in [0, 0.1) is 0 Å². The number of hydrogen-bond acceptors (Lipinski definition) is 3. The molecule has 3 saturated heterocycles. The first-order chi connectivity index (χ1) is 5.27. The normalized spacial score (nSPS) is 52.8. The SMILES string of the molecule is O=C1C[C@H](O)[C@@H]2[C@H]3O[C@H]3CN12. The van der Waals surface area contributed by atoms with Gasteiger partial charge in [0.2, 0.25) is 5.91 Å². The molecule has 0 unspecified atom stereocenters. The van der Waals surface area contributed by atoms with E-state index in [4.69, 9.17) is 4.74 Å². The number of rotatable bonds is 0. The minimum absolute atomic E-state index is 0.0208. The van der Waals surface area contributed by atoms with Gasteiger partial charge < -0.3 is 14.7 Å². The first kappa shape index (κ1) is 5.97. The van der Waals surface area contributed by atoms with Gasteiger partial charge in [-0.2, -0.15) is 0 Å².